The number of halogens is 2. The van der Waals surface area contributed by atoms with Gasteiger partial charge in [0.2, 0.25) is 0 Å². The first-order chi connectivity index (χ1) is 20.9. The Hall–Kier alpha value is -2.69. The van der Waals surface area contributed by atoms with Crippen LogP contribution in [-0.4, -0.2) is 57.7 Å². The number of benzene rings is 2. The van der Waals surface area contributed by atoms with E-state index in [4.69, 9.17) is 42.8 Å². The average Bonchev–Trinajstić information content (AvgIpc) is 3.32. The average molecular weight is 640 g/mol. The highest BCUT2D eigenvalue weighted by Crippen LogP contribution is 2.47. The lowest BCUT2D eigenvalue weighted by atomic mass is 9.90. The van der Waals surface area contributed by atoms with E-state index in [-0.39, 0.29) is 12.0 Å². The second kappa shape index (κ2) is 11.0. The first kappa shape index (κ1) is 27.8. The molecule has 43 heavy (non-hydrogen) atoms. The van der Waals surface area contributed by atoms with Crippen LogP contribution in [0.4, 0.5) is 5.13 Å². The summed E-state index contributed by atoms with van der Waals surface area (Å²) < 4.78 is 15.1. The number of anilines is 1. The van der Waals surface area contributed by atoms with Crippen molar-refractivity contribution in [3.63, 3.8) is 0 Å². The van der Waals surface area contributed by atoms with E-state index >= 15 is 0 Å². The zero-order chi connectivity index (χ0) is 29.2. The van der Waals surface area contributed by atoms with E-state index in [9.17, 15) is 9.90 Å². The summed E-state index contributed by atoms with van der Waals surface area (Å²) in [5.74, 6) is 0.309. The van der Waals surface area contributed by atoms with Gasteiger partial charge in [-0.3, -0.25) is 0 Å². The Labute approximate surface area is 263 Å². The van der Waals surface area contributed by atoms with Crippen LogP contribution in [0.15, 0.2) is 36.5 Å². The molecule has 1 N–H and O–H groups in total. The second-order valence-electron chi connectivity index (χ2n) is 12.3. The maximum atomic E-state index is 11.9. The van der Waals surface area contributed by atoms with E-state index in [1.807, 2.05) is 35.1 Å². The van der Waals surface area contributed by atoms with Crippen molar-refractivity contribution in [1.29, 1.82) is 0 Å². The van der Waals surface area contributed by atoms with Crippen molar-refractivity contribution in [2.45, 2.75) is 69.1 Å². The number of carboxylic acid groups (broad SMARTS) is 1. The molecule has 3 atom stereocenters. The third-order valence-electron chi connectivity index (χ3n) is 9.65. The van der Waals surface area contributed by atoms with E-state index in [0.29, 0.717) is 59.0 Å². The van der Waals surface area contributed by atoms with Gasteiger partial charge in [0, 0.05) is 31.7 Å². The Kier molecular flexibility index (Phi) is 7.14. The van der Waals surface area contributed by atoms with E-state index in [1.165, 1.54) is 18.4 Å². The molecule has 4 fully saturated rings. The van der Waals surface area contributed by atoms with Gasteiger partial charge < -0.3 is 19.5 Å². The van der Waals surface area contributed by atoms with Crippen LogP contribution in [0.2, 0.25) is 10.0 Å². The van der Waals surface area contributed by atoms with Crippen molar-refractivity contribution in [2.24, 2.45) is 5.92 Å². The molecular formula is C32H32Cl2N4O4S. The third kappa shape index (κ3) is 5.03. The summed E-state index contributed by atoms with van der Waals surface area (Å²) in [5, 5.41) is 16.6. The second-order valence-corrected chi connectivity index (χ2v) is 14.1. The van der Waals surface area contributed by atoms with Gasteiger partial charge in [0.05, 0.1) is 50.4 Å². The van der Waals surface area contributed by atoms with Crippen LogP contribution >= 0.6 is 34.5 Å². The number of piperidine rings is 1. The lowest BCUT2D eigenvalue weighted by Gasteiger charge is -2.31. The van der Waals surface area contributed by atoms with Crippen molar-refractivity contribution in [1.82, 2.24) is 14.8 Å². The Bertz CT molecular complexity index is 1690. The molecule has 2 bridgehead atoms. The summed E-state index contributed by atoms with van der Waals surface area (Å²) in [6, 6.07) is 9.50. The van der Waals surface area contributed by atoms with Crippen LogP contribution < -0.4 is 4.90 Å². The molecule has 4 heterocycles. The molecule has 4 aliphatic rings. The fourth-order valence-electron chi connectivity index (χ4n) is 7.29. The first-order valence-corrected chi connectivity index (χ1v) is 16.7. The van der Waals surface area contributed by atoms with Crippen molar-refractivity contribution in [2.75, 3.05) is 24.7 Å². The number of hydrogen-bond acceptors (Lipinski definition) is 7. The van der Waals surface area contributed by atoms with Crippen LogP contribution in [0.1, 0.15) is 77.5 Å². The zero-order valence-electron chi connectivity index (χ0n) is 23.5. The molecule has 0 spiro atoms. The fourth-order valence-corrected chi connectivity index (χ4v) is 8.97. The lowest BCUT2D eigenvalue weighted by Crippen LogP contribution is -2.38. The minimum absolute atomic E-state index is 0.157. The van der Waals surface area contributed by atoms with Crippen LogP contribution in [0.25, 0.3) is 15.9 Å². The van der Waals surface area contributed by atoms with Crippen LogP contribution in [0.5, 0.6) is 0 Å². The molecule has 8 rings (SSSR count). The number of para-hydroxylation sites is 1. The maximum Gasteiger partial charge on any atom is 0.335 e. The smallest absolute Gasteiger partial charge is 0.335 e. The molecule has 2 aliphatic carbocycles. The molecule has 0 amide bonds. The SMILES string of the molecule is O=C(O)c1cc(C2CCOCC2)c2nc(N3C[C@@H]4C[C@H]3C[C@H]4OCc3c(C4CC4)cnn3-c3c(Cl)cccc3Cl)sc2c1. The van der Waals surface area contributed by atoms with Gasteiger partial charge in [0.1, 0.15) is 5.69 Å². The molecular weight excluding hydrogens is 607 g/mol. The third-order valence-corrected chi connectivity index (χ3v) is 11.3. The van der Waals surface area contributed by atoms with Gasteiger partial charge in [0.15, 0.2) is 5.13 Å². The maximum absolute atomic E-state index is 11.9. The normalized spacial score (nSPS) is 24.0. The highest BCUT2D eigenvalue weighted by atomic mass is 35.5. The zero-order valence-corrected chi connectivity index (χ0v) is 25.9. The van der Waals surface area contributed by atoms with Crippen LogP contribution in [0.3, 0.4) is 0 Å². The number of nitrogens with zero attached hydrogens (tertiary/aromatic N) is 4. The Morgan fingerprint density at radius 1 is 1.07 bits per heavy atom. The topological polar surface area (TPSA) is 89.7 Å². The summed E-state index contributed by atoms with van der Waals surface area (Å²) in [6.45, 7) is 2.76. The molecule has 0 radical (unpaired) electrons. The minimum Gasteiger partial charge on any atom is -0.478 e. The molecule has 2 aromatic heterocycles. The summed E-state index contributed by atoms with van der Waals surface area (Å²) in [6.07, 6.45) is 8.24. The molecule has 0 unspecified atom stereocenters. The van der Waals surface area contributed by atoms with E-state index in [1.54, 1.807) is 17.4 Å². The van der Waals surface area contributed by atoms with Gasteiger partial charge in [0.25, 0.3) is 0 Å². The van der Waals surface area contributed by atoms with Crippen molar-refractivity contribution >= 4 is 55.9 Å². The molecule has 4 aromatic rings. The van der Waals surface area contributed by atoms with Gasteiger partial charge >= 0.3 is 5.97 Å². The molecule has 8 nitrogen and oxygen atoms in total. The van der Waals surface area contributed by atoms with E-state index in [2.05, 4.69) is 4.90 Å². The Morgan fingerprint density at radius 2 is 1.84 bits per heavy atom. The first-order valence-electron chi connectivity index (χ1n) is 15.1. The van der Waals surface area contributed by atoms with Crippen molar-refractivity contribution < 1.29 is 19.4 Å². The van der Waals surface area contributed by atoms with Gasteiger partial charge in [-0.15, -0.1) is 0 Å². The number of fused-ring (bicyclic) bond motifs is 3. The van der Waals surface area contributed by atoms with Gasteiger partial charge in [-0.1, -0.05) is 40.6 Å². The fraction of sp³-hybridized carbons (Fsp3) is 0.469. The molecule has 2 aromatic carbocycles. The highest BCUT2D eigenvalue weighted by molar-refractivity contribution is 7.22. The minimum atomic E-state index is -0.895. The standard InChI is InChI=1S/C32H32Cl2N4O4S/c33-24-2-1-3-25(34)30(24)38-26(23(14-35-38)17-4-5-17)16-42-27-13-21-10-20(27)15-37(21)32-36-29-22(18-6-8-41-9-7-18)11-19(31(39)40)12-28(29)43-32/h1-3,11-12,14,17-18,20-21,27H,4-10,13,15-16H2,(H,39,40)/t20-,21-,27+/m0/s1. The van der Waals surface area contributed by atoms with E-state index in [0.717, 1.165) is 58.8 Å². The predicted molar refractivity (Wildman–Crippen MR) is 167 cm³/mol. The Balaban J connectivity index is 1.01. The lowest BCUT2D eigenvalue weighted by molar-refractivity contribution is 0.00993. The number of thiazole rings is 1. The molecule has 2 aliphatic heterocycles. The Morgan fingerprint density at radius 3 is 2.53 bits per heavy atom. The number of ether oxygens (including phenoxy) is 2. The van der Waals surface area contributed by atoms with Crippen LogP contribution in [-0.2, 0) is 16.1 Å². The summed E-state index contributed by atoms with van der Waals surface area (Å²) in [4.78, 5) is 19.5. The number of aromatic carboxylic acids is 1. The van der Waals surface area contributed by atoms with Gasteiger partial charge in [-0.25, -0.2) is 14.5 Å². The quantitative estimate of drug-likeness (QED) is 0.214. The predicted octanol–water partition coefficient (Wildman–Crippen LogP) is 7.44. The largest absolute Gasteiger partial charge is 0.478 e. The monoisotopic (exact) mass is 638 g/mol. The number of hydrogen-bond donors (Lipinski definition) is 1. The summed E-state index contributed by atoms with van der Waals surface area (Å²) in [5.41, 5.74) is 5.31. The van der Waals surface area contributed by atoms with Crippen molar-refractivity contribution in [3.05, 3.63) is 69.0 Å². The summed E-state index contributed by atoms with van der Waals surface area (Å²) >= 11 is 14.8. The molecule has 11 heteroatoms. The van der Waals surface area contributed by atoms with Crippen LogP contribution in [0, 0.1) is 5.92 Å². The molecule has 2 saturated heterocycles. The van der Waals surface area contributed by atoms with E-state index < -0.39 is 5.97 Å². The number of aromatic nitrogens is 3. The highest BCUT2D eigenvalue weighted by Gasteiger charge is 2.46. The van der Waals surface area contributed by atoms with Gasteiger partial charge in [-0.05, 0) is 85.8 Å². The molecule has 224 valence electrons. The van der Waals surface area contributed by atoms with Gasteiger partial charge in [-0.2, -0.15) is 5.10 Å². The number of carbonyl (C=O) groups is 1. The number of carboxylic acids is 1. The molecule has 2 saturated carbocycles. The van der Waals surface area contributed by atoms with Crippen molar-refractivity contribution in [3.8, 4) is 5.69 Å². The number of rotatable bonds is 8. The summed E-state index contributed by atoms with van der Waals surface area (Å²) in [7, 11) is 0.